The molecule has 4 heteroatoms. The average Bonchev–Trinajstić information content (AvgIpc) is 2.97. The van der Waals surface area contributed by atoms with Crippen LogP contribution in [0.1, 0.15) is 84.8 Å². The van der Waals surface area contributed by atoms with Gasteiger partial charge in [-0.25, -0.2) is 0 Å². The molecule has 43 heavy (non-hydrogen) atoms. The Hall–Kier alpha value is -2.25. The molecule has 0 fully saturated rings. The fraction of sp³-hybridized carbons (Fsp3) is 0.487. The van der Waals surface area contributed by atoms with Gasteiger partial charge in [0.05, 0.1) is 6.61 Å². The topological polar surface area (TPSA) is 18.5 Å². The molecule has 0 unspecified atom stereocenters. The van der Waals surface area contributed by atoms with Gasteiger partial charge >= 0.3 is 0 Å². The van der Waals surface area contributed by atoms with Crippen LogP contribution in [0, 0.1) is 0 Å². The van der Waals surface area contributed by atoms with Crippen molar-refractivity contribution in [3.8, 4) is 0 Å². The molecule has 0 radical (unpaired) electrons. The predicted octanol–water partition coefficient (Wildman–Crippen LogP) is 9.63. The maximum atomic E-state index is 7.41. The van der Waals surface area contributed by atoms with Crippen molar-refractivity contribution < 1.29 is 8.85 Å². The van der Waals surface area contributed by atoms with Gasteiger partial charge in [0.15, 0.2) is 8.32 Å². The molecule has 0 atom stereocenters. The minimum Gasteiger partial charge on any atom is -0.417 e. The van der Waals surface area contributed by atoms with E-state index in [4.69, 9.17) is 8.85 Å². The highest BCUT2D eigenvalue weighted by atomic mass is 28.4. The Bertz CT molecular complexity index is 1290. The Labute approximate surface area is 265 Å². The van der Waals surface area contributed by atoms with E-state index in [0.29, 0.717) is 0 Å². The van der Waals surface area contributed by atoms with E-state index < -0.39 is 16.6 Å². The van der Waals surface area contributed by atoms with Gasteiger partial charge in [-0.15, -0.1) is 0 Å². The molecule has 3 aromatic carbocycles. The van der Waals surface area contributed by atoms with Crippen molar-refractivity contribution in [3.05, 3.63) is 107 Å². The number of rotatable bonds is 12. The van der Waals surface area contributed by atoms with Crippen LogP contribution in [0.15, 0.2) is 96.1 Å². The van der Waals surface area contributed by atoms with E-state index in [2.05, 4.69) is 140 Å². The van der Waals surface area contributed by atoms with Crippen molar-refractivity contribution in [1.29, 1.82) is 0 Å². The summed E-state index contributed by atoms with van der Waals surface area (Å²) in [5.74, 6) is 0. The molecule has 0 aliphatic heterocycles. The van der Waals surface area contributed by atoms with Gasteiger partial charge < -0.3 is 8.85 Å². The standard InChI is InChI=1S/C39H56O2Si2/c1-38(2,3)42(7,8)40-29-19-24-32-20-15-16-21-33(32)30-34-22-17-18-23-35(34)31-41-43(39(4,5)6,36-25-11-9-12-26-36)37-27-13-10-14-28-37/h9-16,20-21,25-28H,17-19,22-24,29-31H2,1-8H3. The Morgan fingerprint density at radius 2 is 1.12 bits per heavy atom. The van der Waals surface area contributed by atoms with Crippen LogP contribution in [0.5, 0.6) is 0 Å². The SMILES string of the molecule is CC(C)(C)[Si](C)(C)OCCCc1ccccc1CC1=C(CO[Si](c2ccccc2)(c2ccccc2)C(C)(C)C)CCCC1. The lowest BCUT2D eigenvalue weighted by Crippen LogP contribution is -2.66. The van der Waals surface area contributed by atoms with Crippen molar-refractivity contribution in [1.82, 2.24) is 0 Å². The molecule has 232 valence electrons. The first-order valence-electron chi connectivity index (χ1n) is 16.5. The summed E-state index contributed by atoms with van der Waals surface area (Å²) in [7, 11) is -4.27. The average molecular weight is 613 g/mol. The molecular weight excluding hydrogens is 557 g/mol. The third-order valence-corrected chi connectivity index (χ3v) is 19.5. The lowest BCUT2D eigenvalue weighted by molar-refractivity contribution is 0.282. The zero-order chi connectivity index (χ0) is 31.1. The fourth-order valence-electron chi connectivity index (χ4n) is 6.39. The van der Waals surface area contributed by atoms with E-state index in [1.165, 1.54) is 46.3 Å². The maximum Gasteiger partial charge on any atom is 0.261 e. The molecule has 4 rings (SSSR count). The van der Waals surface area contributed by atoms with Gasteiger partial charge in [0.2, 0.25) is 0 Å². The zero-order valence-corrected chi connectivity index (χ0v) is 30.3. The summed E-state index contributed by atoms with van der Waals surface area (Å²) in [6.07, 6.45) is 8.06. The third kappa shape index (κ3) is 8.08. The summed E-state index contributed by atoms with van der Waals surface area (Å²) in [6, 6.07) is 31.2. The van der Waals surface area contributed by atoms with E-state index in [-0.39, 0.29) is 10.1 Å². The molecule has 0 saturated heterocycles. The van der Waals surface area contributed by atoms with Crippen LogP contribution in [0.2, 0.25) is 23.2 Å². The van der Waals surface area contributed by atoms with Crippen LogP contribution in [0.25, 0.3) is 0 Å². The quantitative estimate of drug-likeness (QED) is 0.115. The van der Waals surface area contributed by atoms with Crippen LogP contribution < -0.4 is 10.4 Å². The van der Waals surface area contributed by atoms with Crippen molar-refractivity contribution >= 4 is 27.0 Å². The molecule has 0 N–H and O–H groups in total. The van der Waals surface area contributed by atoms with Gasteiger partial charge in [0.25, 0.3) is 8.32 Å². The molecule has 2 nitrogen and oxygen atoms in total. The highest BCUT2D eigenvalue weighted by Gasteiger charge is 2.50. The number of aryl methyl sites for hydroxylation is 1. The van der Waals surface area contributed by atoms with Gasteiger partial charge in [-0.1, -0.05) is 132 Å². The molecule has 0 bridgehead atoms. The molecule has 0 amide bonds. The fourth-order valence-corrected chi connectivity index (χ4v) is 12.0. The predicted molar refractivity (Wildman–Crippen MR) is 191 cm³/mol. The largest absolute Gasteiger partial charge is 0.417 e. The summed E-state index contributed by atoms with van der Waals surface area (Å²) >= 11 is 0. The Morgan fingerprint density at radius 1 is 0.605 bits per heavy atom. The van der Waals surface area contributed by atoms with E-state index in [9.17, 15) is 0 Å². The lowest BCUT2D eigenvalue weighted by Gasteiger charge is -2.43. The lowest BCUT2D eigenvalue weighted by atomic mass is 9.86. The molecule has 1 aliphatic rings. The van der Waals surface area contributed by atoms with E-state index in [1.54, 1.807) is 5.57 Å². The molecule has 1 aliphatic carbocycles. The normalized spacial score (nSPS) is 15.2. The molecule has 0 saturated carbocycles. The third-order valence-electron chi connectivity index (χ3n) is 9.97. The molecular formula is C39H56O2Si2. The number of hydrogen-bond acceptors (Lipinski definition) is 2. The number of benzene rings is 3. The highest BCUT2D eigenvalue weighted by Crippen LogP contribution is 2.39. The summed E-state index contributed by atoms with van der Waals surface area (Å²) in [4.78, 5) is 0. The molecule has 0 spiro atoms. The van der Waals surface area contributed by atoms with Crippen molar-refractivity contribution in [2.75, 3.05) is 13.2 Å². The highest BCUT2D eigenvalue weighted by molar-refractivity contribution is 6.99. The Kier molecular flexibility index (Phi) is 11.1. The second-order valence-corrected chi connectivity index (χ2v) is 24.1. The Balaban J connectivity index is 1.57. The first-order valence-corrected chi connectivity index (χ1v) is 21.3. The minimum atomic E-state index is -2.56. The van der Waals surface area contributed by atoms with Crippen LogP contribution in [0.3, 0.4) is 0 Å². The summed E-state index contributed by atoms with van der Waals surface area (Å²) in [6.45, 7) is 20.4. The van der Waals surface area contributed by atoms with Gasteiger partial charge in [0, 0.05) is 6.61 Å². The first-order chi connectivity index (χ1) is 20.4. The number of allylic oxidation sites excluding steroid dienone is 1. The number of hydrogen-bond donors (Lipinski definition) is 0. The van der Waals surface area contributed by atoms with Gasteiger partial charge in [-0.2, -0.15) is 0 Å². The van der Waals surface area contributed by atoms with Crippen LogP contribution in [-0.4, -0.2) is 29.8 Å². The zero-order valence-electron chi connectivity index (χ0n) is 28.3. The monoisotopic (exact) mass is 612 g/mol. The smallest absolute Gasteiger partial charge is 0.261 e. The summed E-state index contributed by atoms with van der Waals surface area (Å²) in [5, 5.41) is 2.96. The van der Waals surface area contributed by atoms with Gasteiger partial charge in [-0.05, 0) is 95.2 Å². The van der Waals surface area contributed by atoms with Gasteiger partial charge in [0.1, 0.15) is 0 Å². The molecule has 0 aromatic heterocycles. The van der Waals surface area contributed by atoms with Crippen LogP contribution >= 0.6 is 0 Å². The summed E-state index contributed by atoms with van der Waals surface area (Å²) in [5.41, 5.74) is 6.10. The second kappa shape index (κ2) is 14.2. The van der Waals surface area contributed by atoms with E-state index in [0.717, 1.165) is 38.9 Å². The van der Waals surface area contributed by atoms with Crippen molar-refractivity contribution in [2.45, 2.75) is 110 Å². The summed E-state index contributed by atoms with van der Waals surface area (Å²) < 4.78 is 13.9. The van der Waals surface area contributed by atoms with Crippen LogP contribution in [0.4, 0.5) is 0 Å². The second-order valence-electron chi connectivity index (χ2n) is 15.0. The first kappa shape index (κ1) is 33.6. The van der Waals surface area contributed by atoms with Gasteiger partial charge in [-0.3, -0.25) is 0 Å². The van der Waals surface area contributed by atoms with Crippen molar-refractivity contribution in [2.24, 2.45) is 0 Å². The van der Waals surface area contributed by atoms with Crippen LogP contribution in [-0.2, 0) is 21.7 Å². The molecule has 3 aromatic rings. The minimum absolute atomic E-state index is 0.00974. The van der Waals surface area contributed by atoms with E-state index in [1.807, 2.05) is 0 Å². The maximum absolute atomic E-state index is 7.41. The van der Waals surface area contributed by atoms with E-state index >= 15 is 0 Å². The Morgan fingerprint density at radius 3 is 1.65 bits per heavy atom. The molecule has 0 heterocycles. The van der Waals surface area contributed by atoms with Crippen molar-refractivity contribution in [3.63, 3.8) is 0 Å².